The molecule has 162 valence electrons. The monoisotopic (exact) mass is 415 g/mol. The highest BCUT2D eigenvalue weighted by Crippen LogP contribution is 2.26. The highest BCUT2D eigenvalue weighted by Gasteiger charge is 2.44. The van der Waals surface area contributed by atoms with Crippen molar-refractivity contribution in [3.05, 3.63) is 47.8 Å². The minimum absolute atomic E-state index is 0.0398. The molecule has 9 heteroatoms. The van der Waals surface area contributed by atoms with Crippen LogP contribution in [0.1, 0.15) is 30.5 Å². The number of rotatable bonds is 9. The van der Waals surface area contributed by atoms with E-state index in [0.717, 1.165) is 25.1 Å². The number of ether oxygens (including phenoxy) is 1. The van der Waals surface area contributed by atoms with Crippen molar-refractivity contribution in [3.8, 4) is 0 Å². The maximum Gasteiger partial charge on any atom is 0.222 e. The lowest BCUT2D eigenvalue weighted by atomic mass is 10.1. The molecule has 0 spiro atoms. The summed E-state index contributed by atoms with van der Waals surface area (Å²) in [6.45, 7) is 1.69. The second-order valence-corrected chi connectivity index (χ2v) is 8.33. The predicted molar refractivity (Wildman–Crippen MR) is 108 cm³/mol. The number of nitrogens with zero attached hydrogens (tertiary/aromatic N) is 4. The summed E-state index contributed by atoms with van der Waals surface area (Å²) >= 11 is 0. The van der Waals surface area contributed by atoms with Crippen LogP contribution in [0.5, 0.6) is 0 Å². The Morgan fingerprint density at radius 3 is 2.67 bits per heavy atom. The van der Waals surface area contributed by atoms with Crippen LogP contribution in [0.4, 0.5) is 0 Å². The zero-order valence-electron chi connectivity index (χ0n) is 17.1. The van der Waals surface area contributed by atoms with Gasteiger partial charge in [0.25, 0.3) is 0 Å². The Morgan fingerprint density at radius 2 is 1.93 bits per heavy atom. The molecule has 3 N–H and O–H groups in total. The predicted octanol–water partition coefficient (Wildman–Crippen LogP) is 0.0680. The molecule has 2 heterocycles. The van der Waals surface area contributed by atoms with E-state index >= 15 is 0 Å². The molecule has 2 aliphatic rings. The molecule has 0 radical (unpaired) electrons. The van der Waals surface area contributed by atoms with Gasteiger partial charge in [-0.15, -0.1) is 5.10 Å². The average Bonchev–Trinajstić information content (AvgIpc) is 3.36. The van der Waals surface area contributed by atoms with Gasteiger partial charge in [0.1, 0.15) is 18.3 Å². The molecule has 4 atom stereocenters. The number of hydrogen-bond acceptors (Lipinski definition) is 7. The van der Waals surface area contributed by atoms with Crippen molar-refractivity contribution >= 4 is 5.91 Å². The fourth-order valence-corrected chi connectivity index (χ4v) is 3.75. The van der Waals surface area contributed by atoms with Crippen LogP contribution in [0.15, 0.2) is 36.5 Å². The Hall–Kier alpha value is -2.33. The first-order chi connectivity index (χ1) is 14.5. The van der Waals surface area contributed by atoms with Gasteiger partial charge in [-0.2, -0.15) is 0 Å². The van der Waals surface area contributed by atoms with Crippen LogP contribution in [-0.2, 0) is 29.2 Å². The van der Waals surface area contributed by atoms with E-state index in [4.69, 9.17) is 4.74 Å². The molecular weight excluding hydrogens is 386 g/mol. The van der Waals surface area contributed by atoms with E-state index < -0.39 is 24.4 Å². The minimum Gasteiger partial charge on any atom is -0.388 e. The van der Waals surface area contributed by atoms with Gasteiger partial charge in [0.15, 0.2) is 0 Å². The summed E-state index contributed by atoms with van der Waals surface area (Å²) in [4.78, 5) is 14.1. The van der Waals surface area contributed by atoms with Gasteiger partial charge in [-0.3, -0.25) is 9.69 Å². The number of aliphatic hydroxyl groups is 2. The van der Waals surface area contributed by atoms with Gasteiger partial charge in [-0.25, -0.2) is 4.68 Å². The second kappa shape index (κ2) is 9.22. The Balaban J connectivity index is 1.27. The van der Waals surface area contributed by atoms with E-state index in [2.05, 4.69) is 32.7 Å². The molecule has 1 aliphatic heterocycles. The van der Waals surface area contributed by atoms with Gasteiger partial charge in [0, 0.05) is 25.3 Å². The van der Waals surface area contributed by atoms with Crippen LogP contribution in [-0.4, -0.2) is 73.5 Å². The maximum absolute atomic E-state index is 12.0. The topological polar surface area (TPSA) is 113 Å². The van der Waals surface area contributed by atoms with Gasteiger partial charge in [0.05, 0.1) is 24.8 Å². The first-order valence-electron chi connectivity index (χ1n) is 10.4. The lowest BCUT2D eigenvalue weighted by Crippen LogP contribution is -2.36. The molecule has 1 saturated heterocycles. The number of amides is 1. The number of hydrogen-bond donors (Lipinski definition) is 3. The Labute approximate surface area is 175 Å². The Bertz CT molecular complexity index is 841. The summed E-state index contributed by atoms with van der Waals surface area (Å²) < 4.78 is 7.38. The van der Waals surface area contributed by atoms with Crippen LogP contribution in [0, 0.1) is 0 Å². The Kier molecular flexibility index (Phi) is 6.43. The normalized spacial score (nSPS) is 26.3. The fraction of sp³-hybridized carbons (Fsp3) is 0.571. The van der Waals surface area contributed by atoms with E-state index in [-0.39, 0.29) is 24.9 Å². The quantitative estimate of drug-likeness (QED) is 0.531. The number of benzene rings is 1. The number of aromatic nitrogens is 3. The van der Waals surface area contributed by atoms with E-state index in [1.54, 1.807) is 4.68 Å². The van der Waals surface area contributed by atoms with Crippen LogP contribution >= 0.6 is 0 Å². The molecular formula is C21H29N5O4. The average molecular weight is 415 g/mol. The maximum atomic E-state index is 12.0. The molecule has 2 fully saturated rings. The van der Waals surface area contributed by atoms with E-state index in [0.29, 0.717) is 6.54 Å². The molecule has 2 aromatic rings. The van der Waals surface area contributed by atoms with Crippen molar-refractivity contribution < 1.29 is 19.7 Å². The summed E-state index contributed by atoms with van der Waals surface area (Å²) in [5.41, 5.74) is 2.03. The number of nitrogens with one attached hydrogen (secondary N) is 1. The summed E-state index contributed by atoms with van der Waals surface area (Å²) in [6, 6.07) is 10.4. The van der Waals surface area contributed by atoms with E-state index in [1.165, 1.54) is 5.56 Å². The zero-order chi connectivity index (χ0) is 21.1. The largest absolute Gasteiger partial charge is 0.388 e. The van der Waals surface area contributed by atoms with Crippen molar-refractivity contribution in [3.63, 3.8) is 0 Å². The van der Waals surface area contributed by atoms with Crippen LogP contribution in [0.2, 0.25) is 0 Å². The van der Waals surface area contributed by atoms with Crippen LogP contribution < -0.4 is 5.32 Å². The molecule has 4 rings (SSSR count). The van der Waals surface area contributed by atoms with E-state index in [9.17, 15) is 15.0 Å². The summed E-state index contributed by atoms with van der Waals surface area (Å²) in [5, 5.41) is 31.8. The summed E-state index contributed by atoms with van der Waals surface area (Å²) in [5.74, 6) is -0.154. The molecule has 4 unspecified atom stereocenters. The van der Waals surface area contributed by atoms with Gasteiger partial charge in [-0.05, 0) is 25.5 Å². The van der Waals surface area contributed by atoms with Gasteiger partial charge in [0.2, 0.25) is 5.91 Å². The molecule has 1 aromatic heterocycles. The fourth-order valence-electron chi connectivity index (χ4n) is 3.75. The van der Waals surface area contributed by atoms with Crippen LogP contribution in [0.25, 0.3) is 0 Å². The minimum atomic E-state index is -1.10. The summed E-state index contributed by atoms with van der Waals surface area (Å²) in [6.07, 6.45) is 0.325. The van der Waals surface area contributed by atoms with Gasteiger partial charge >= 0.3 is 0 Å². The Morgan fingerprint density at radius 1 is 1.20 bits per heavy atom. The van der Waals surface area contributed by atoms with Crippen LogP contribution in [0.3, 0.4) is 0 Å². The molecule has 30 heavy (non-hydrogen) atoms. The summed E-state index contributed by atoms with van der Waals surface area (Å²) in [7, 11) is 2.02. The number of carbonyl (C=O) groups excluding carboxylic acids is 1. The SMILES string of the molecule is CN(Cc1ccccc1)Cc1cn(CC2OC(CC(=O)NC3CC3)C(O)C2O)nn1. The van der Waals surface area contributed by atoms with Gasteiger partial charge < -0.3 is 20.3 Å². The third-order valence-corrected chi connectivity index (χ3v) is 5.47. The van der Waals surface area contributed by atoms with Crippen molar-refractivity contribution in [1.29, 1.82) is 0 Å². The highest BCUT2D eigenvalue weighted by molar-refractivity contribution is 5.77. The second-order valence-electron chi connectivity index (χ2n) is 8.33. The van der Waals surface area contributed by atoms with Crippen molar-refractivity contribution in [2.75, 3.05) is 7.05 Å². The van der Waals surface area contributed by atoms with Crippen molar-refractivity contribution in [2.45, 2.75) is 69.4 Å². The van der Waals surface area contributed by atoms with Gasteiger partial charge in [-0.1, -0.05) is 35.5 Å². The number of aliphatic hydroxyl groups excluding tert-OH is 2. The van der Waals surface area contributed by atoms with E-state index in [1.807, 2.05) is 31.4 Å². The third-order valence-electron chi connectivity index (χ3n) is 5.47. The third kappa shape index (κ3) is 5.42. The number of carbonyl (C=O) groups is 1. The lowest BCUT2D eigenvalue weighted by molar-refractivity contribution is -0.125. The molecule has 1 saturated carbocycles. The van der Waals surface area contributed by atoms with Crippen molar-refractivity contribution in [1.82, 2.24) is 25.2 Å². The molecule has 0 bridgehead atoms. The molecule has 9 nitrogen and oxygen atoms in total. The lowest BCUT2D eigenvalue weighted by Gasteiger charge is -2.15. The standard InChI is InChI=1S/C21H29N5O4/c1-25(10-14-5-3-2-4-6-14)11-16-12-26(24-23-16)13-18-21(29)20(28)17(30-18)9-19(27)22-15-7-8-15/h2-6,12,15,17-18,20-21,28-29H,7-11,13H2,1H3,(H,22,27). The first-order valence-corrected chi connectivity index (χ1v) is 10.4. The molecule has 1 amide bonds. The zero-order valence-corrected chi connectivity index (χ0v) is 17.1. The molecule has 1 aliphatic carbocycles. The first kappa shape index (κ1) is 20.9. The highest BCUT2D eigenvalue weighted by atomic mass is 16.5. The molecule has 1 aromatic carbocycles. The van der Waals surface area contributed by atoms with Crippen molar-refractivity contribution in [2.24, 2.45) is 0 Å². The smallest absolute Gasteiger partial charge is 0.222 e.